The van der Waals surface area contributed by atoms with Crippen LogP contribution in [0.15, 0.2) is 29.2 Å². The van der Waals surface area contributed by atoms with E-state index in [4.69, 9.17) is 0 Å². The first kappa shape index (κ1) is 15.5. The number of nitrogens with one attached hydrogen (secondary N) is 1. The maximum Gasteiger partial charge on any atom is 0.243 e. The summed E-state index contributed by atoms with van der Waals surface area (Å²) in [6.07, 6.45) is 3.92. The SMILES string of the molecule is CNC1CCC(N(C)S(=O)(=O)c2ccc(C)cc2)CC1. The summed E-state index contributed by atoms with van der Waals surface area (Å²) in [5, 5.41) is 3.27. The molecule has 0 saturated heterocycles. The summed E-state index contributed by atoms with van der Waals surface area (Å²) >= 11 is 0. The second-order valence-electron chi connectivity index (χ2n) is 5.63. The van der Waals surface area contributed by atoms with Crippen molar-refractivity contribution in [3.8, 4) is 0 Å². The Balaban J connectivity index is 2.11. The van der Waals surface area contributed by atoms with Gasteiger partial charge in [-0.2, -0.15) is 4.31 Å². The molecule has 2 rings (SSSR count). The molecule has 1 aromatic rings. The number of rotatable bonds is 4. The van der Waals surface area contributed by atoms with Gasteiger partial charge in [-0.1, -0.05) is 17.7 Å². The van der Waals surface area contributed by atoms with Gasteiger partial charge in [0.2, 0.25) is 10.0 Å². The highest BCUT2D eigenvalue weighted by Crippen LogP contribution is 2.26. The lowest BCUT2D eigenvalue weighted by Gasteiger charge is -2.33. The van der Waals surface area contributed by atoms with Crippen LogP contribution in [0.2, 0.25) is 0 Å². The van der Waals surface area contributed by atoms with Crippen LogP contribution in [0.3, 0.4) is 0 Å². The van der Waals surface area contributed by atoms with Crippen molar-refractivity contribution in [2.45, 2.75) is 49.6 Å². The van der Waals surface area contributed by atoms with E-state index < -0.39 is 10.0 Å². The molecule has 0 aromatic heterocycles. The quantitative estimate of drug-likeness (QED) is 0.926. The Labute approximate surface area is 122 Å². The van der Waals surface area contributed by atoms with E-state index in [2.05, 4.69) is 5.32 Å². The number of aryl methyl sites for hydroxylation is 1. The van der Waals surface area contributed by atoms with Crippen LogP contribution in [-0.4, -0.2) is 38.9 Å². The predicted octanol–water partition coefficient (Wildman–Crippen LogP) is 2.15. The van der Waals surface area contributed by atoms with Crippen molar-refractivity contribution >= 4 is 10.0 Å². The van der Waals surface area contributed by atoms with Gasteiger partial charge in [0.15, 0.2) is 0 Å². The molecule has 0 atom stereocenters. The van der Waals surface area contributed by atoms with E-state index >= 15 is 0 Å². The van der Waals surface area contributed by atoms with Gasteiger partial charge in [0.1, 0.15) is 0 Å². The van der Waals surface area contributed by atoms with Crippen LogP contribution in [0, 0.1) is 6.92 Å². The lowest BCUT2D eigenvalue weighted by molar-refractivity contribution is 0.255. The predicted molar refractivity (Wildman–Crippen MR) is 81.2 cm³/mol. The number of sulfonamides is 1. The Bertz CT molecular complexity index is 531. The fourth-order valence-corrected chi connectivity index (χ4v) is 4.22. The van der Waals surface area contributed by atoms with Gasteiger partial charge < -0.3 is 5.32 Å². The number of nitrogens with zero attached hydrogens (tertiary/aromatic N) is 1. The van der Waals surface area contributed by atoms with Crippen LogP contribution in [0.5, 0.6) is 0 Å². The summed E-state index contributed by atoms with van der Waals surface area (Å²) in [7, 11) is 0.311. The van der Waals surface area contributed by atoms with Crippen molar-refractivity contribution in [3.63, 3.8) is 0 Å². The largest absolute Gasteiger partial charge is 0.317 e. The van der Waals surface area contributed by atoms with Crippen LogP contribution in [-0.2, 0) is 10.0 Å². The molecule has 1 N–H and O–H groups in total. The van der Waals surface area contributed by atoms with Crippen molar-refractivity contribution in [3.05, 3.63) is 29.8 Å². The van der Waals surface area contributed by atoms with E-state index in [1.807, 2.05) is 26.1 Å². The third kappa shape index (κ3) is 3.22. The van der Waals surface area contributed by atoms with Gasteiger partial charge >= 0.3 is 0 Å². The zero-order valence-corrected chi connectivity index (χ0v) is 13.3. The van der Waals surface area contributed by atoms with Gasteiger partial charge in [-0.15, -0.1) is 0 Å². The average molecular weight is 296 g/mol. The van der Waals surface area contributed by atoms with Crippen LogP contribution in [0.25, 0.3) is 0 Å². The minimum Gasteiger partial charge on any atom is -0.317 e. The number of benzene rings is 1. The normalized spacial score (nSPS) is 24.0. The van der Waals surface area contributed by atoms with Crippen LogP contribution in [0.4, 0.5) is 0 Å². The molecule has 5 heteroatoms. The maximum absolute atomic E-state index is 12.6. The molecule has 0 spiro atoms. The van der Waals surface area contributed by atoms with E-state index in [1.165, 1.54) is 0 Å². The topological polar surface area (TPSA) is 49.4 Å². The zero-order chi connectivity index (χ0) is 14.8. The van der Waals surface area contributed by atoms with E-state index in [0.717, 1.165) is 31.2 Å². The molecule has 4 nitrogen and oxygen atoms in total. The molecular formula is C15H24N2O2S. The first-order valence-corrected chi connectivity index (χ1v) is 8.61. The van der Waals surface area contributed by atoms with Gasteiger partial charge in [-0.25, -0.2) is 8.42 Å². The summed E-state index contributed by atoms with van der Waals surface area (Å²) in [6, 6.07) is 7.73. The molecule has 1 aromatic carbocycles. The van der Waals surface area contributed by atoms with Crippen molar-refractivity contribution in [1.82, 2.24) is 9.62 Å². The Morgan fingerprint density at radius 1 is 1.10 bits per heavy atom. The highest BCUT2D eigenvalue weighted by atomic mass is 32.2. The van der Waals surface area contributed by atoms with Gasteiger partial charge in [-0.05, 0) is 51.8 Å². The molecule has 1 fully saturated rings. The highest BCUT2D eigenvalue weighted by molar-refractivity contribution is 7.89. The Hall–Kier alpha value is -0.910. The van der Waals surface area contributed by atoms with Gasteiger partial charge in [-0.3, -0.25) is 0 Å². The molecule has 0 aliphatic heterocycles. The molecule has 0 unspecified atom stereocenters. The van der Waals surface area contributed by atoms with Crippen LogP contribution >= 0.6 is 0 Å². The monoisotopic (exact) mass is 296 g/mol. The van der Waals surface area contributed by atoms with Crippen molar-refractivity contribution in [2.75, 3.05) is 14.1 Å². The van der Waals surface area contributed by atoms with E-state index in [-0.39, 0.29) is 6.04 Å². The second-order valence-corrected chi connectivity index (χ2v) is 7.63. The molecule has 0 radical (unpaired) electrons. The summed E-state index contributed by atoms with van der Waals surface area (Å²) in [6.45, 7) is 1.96. The lowest BCUT2D eigenvalue weighted by Crippen LogP contribution is -2.42. The second kappa shape index (κ2) is 6.24. The Morgan fingerprint density at radius 3 is 2.15 bits per heavy atom. The summed E-state index contributed by atoms with van der Waals surface area (Å²) in [5.74, 6) is 0. The lowest BCUT2D eigenvalue weighted by atomic mass is 9.91. The molecule has 1 aliphatic carbocycles. The van der Waals surface area contributed by atoms with E-state index in [0.29, 0.717) is 10.9 Å². The number of hydrogen-bond donors (Lipinski definition) is 1. The third-order valence-corrected chi connectivity index (χ3v) is 6.24. The first-order valence-electron chi connectivity index (χ1n) is 7.17. The average Bonchev–Trinajstić information content (AvgIpc) is 2.47. The fraction of sp³-hybridized carbons (Fsp3) is 0.600. The van der Waals surface area contributed by atoms with Gasteiger partial charge in [0.05, 0.1) is 4.90 Å². The smallest absolute Gasteiger partial charge is 0.243 e. The summed E-state index contributed by atoms with van der Waals surface area (Å²) in [5.41, 5.74) is 1.07. The molecule has 0 bridgehead atoms. The van der Waals surface area contributed by atoms with E-state index in [1.54, 1.807) is 23.5 Å². The van der Waals surface area contributed by atoms with E-state index in [9.17, 15) is 8.42 Å². The molecule has 20 heavy (non-hydrogen) atoms. The summed E-state index contributed by atoms with van der Waals surface area (Å²) in [4.78, 5) is 0.390. The molecule has 0 heterocycles. The minimum atomic E-state index is -3.37. The van der Waals surface area contributed by atoms with Crippen molar-refractivity contribution in [2.24, 2.45) is 0 Å². The molecule has 112 valence electrons. The highest BCUT2D eigenvalue weighted by Gasteiger charge is 2.30. The fourth-order valence-electron chi connectivity index (χ4n) is 2.80. The zero-order valence-electron chi connectivity index (χ0n) is 12.5. The molecular weight excluding hydrogens is 272 g/mol. The van der Waals surface area contributed by atoms with Gasteiger partial charge in [0, 0.05) is 19.1 Å². The Kier molecular flexibility index (Phi) is 4.83. The molecule has 1 aliphatic rings. The standard InChI is InChI=1S/C15H24N2O2S/c1-12-4-10-15(11-5-12)20(18,19)17(3)14-8-6-13(16-2)7-9-14/h4-5,10-11,13-14,16H,6-9H2,1-3H3. The molecule has 0 amide bonds. The maximum atomic E-state index is 12.6. The van der Waals surface area contributed by atoms with Crippen LogP contribution in [0.1, 0.15) is 31.2 Å². The summed E-state index contributed by atoms with van der Waals surface area (Å²) < 4.78 is 26.8. The molecule has 1 saturated carbocycles. The Morgan fingerprint density at radius 2 is 1.65 bits per heavy atom. The third-order valence-electron chi connectivity index (χ3n) is 4.32. The van der Waals surface area contributed by atoms with Crippen molar-refractivity contribution < 1.29 is 8.42 Å². The van der Waals surface area contributed by atoms with Gasteiger partial charge in [0.25, 0.3) is 0 Å². The van der Waals surface area contributed by atoms with Crippen molar-refractivity contribution in [1.29, 1.82) is 0 Å². The number of hydrogen-bond acceptors (Lipinski definition) is 3. The minimum absolute atomic E-state index is 0.117. The van der Waals surface area contributed by atoms with Crippen LogP contribution < -0.4 is 5.32 Å². The first-order chi connectivity index (χ1) is 9.45.